The van der Waals surface area contributed by atoms with E-state index in [-0.39, 0.29) is 30.8 Å². The Morgan fingerprint density at radius 2 is 1.83 bits per heavy atom. The van der Waals surface area contributed by atoms with Crippen molar-refractivity contribution < 1.29 is 23.9 Å². The van der Waals surface area contributed by atoms with E-state index >= 15 is 0 Å². The topological polar surface area (TPSA) is 97.0 Å². The van der Waals surface area contributed by atoms with Gasteiger partial charge in [-0.2, -0.15) is 0 Å². The molecule has 0 aliphatic carbocycles. The maximum Gasteiger partial charge on any atom is 0.326 e. The van der Waals surface area contributed by atoms with E-state index in [1.54, 1.807) is 24.0 Å². The zero-order chi connectivity index (χ0) is 28.9. The molecule has 0 saturated carbocycles. The van der Waals surface area contributed by atoms with Crippen molar-refractivity contribution in [1.82, 2.24) is 0 Å². The fraction of sp³-hybridized carbons (Fsp3) is 0.364. The van der Waals surface area contributed by atoms with Gasteiger partial charge in [-0.25, -0.2) is 4.79 Å². The first-order valence-electron chi connectivity index (χ1n) is 14.3. The first-order valence-corrected chi connectivity index (χ1v) is 14.3. The van der Waals surface area contributed by atoms with Crippen molar-refractivity contribution in [3.8, 4) is 5.75 Å². The zero-order valence-corrected chi connectivity index (χ0v) is 23.9. The van der Waals surface area contributed by atoms with Gasteiger partial charge in [-0.05, 0) is 72.7 Å². The van der Waals surface area contributed by atoms with Gasteiger partial charge in [0.2, 0.25) is 0 Å². The van der Waals surface area contributed by atoms with E-state index in [0.717, 1.165) is 53.0 Å². The molecule has 0 radical (unpaired) electrons. The largest absolute Gasteiger partial charge is 0.495 e. The van der Waals surface area contributed by atoms with Crippen LogP contribution >= 0.6 is 0 Å². The van der Waals surface area contributed by atoms with Crippen LogP contribution < -0.4 is 20.3 Å². The van der Waals surface area contributed by atoms with Crippen molar-refractivity contribution in [3.05, 3.63) is 82.9 Å². The highest BCUT2D eigenvalue weighted by Crippen LogP contribution is 2.35. The summed E-state index contributed by atoms with van der Waals surface area (Å²) < 4.78 is 11.0. The summed E-state index contributed by atoms with van der Waals surface area (Å²) in [6.07, 6.45) is 2.33. The number of rotatable bonds is 10. The minimum atomic E-state index is -0.679. The maximum atomic E-state index is 13.7. The molecule has 0 saturated heterocycles. The quantitative estimate of drug-likeness (QED) is 0.310. The lowest BCUT2D eigenvalue weighted by Crippen LogP contribution is -2.33. The fourth-order valence-corrected chi connectivity index (χ4v) is 5.95. The SMILES string of the molecule is CCOC(=O)[C@@H](c1ccc2c(c1)CCN2)[C@H](CC)C(=O)Cc1ccc(NC(=O)N2CCc3ccccc32)c(OC)c1. The number of amides is 2. The van der Waals surface area contributed by atoms with Crippen molar-refractivity contribution in [3.63, 3.8) is 0 Å². The van der Waals surface area contributed by atoms with Gasteiger partial charge in [0.15, 0.2) is 0 Å². The van der Waals surface area contributed by atoms with Crippen LogP contribution in [-0.2, 0) is 33.6 Å². The number of anilines is 3. The monoisotopic (exact) mass is 555 g/mol. The number of ketones is 1. The highest BCUT2D eigenvalue weighted by molar-refractivity contribution is 6.04. The van der Waals surface area contributed by atoms with Crippen LogP contribution in [-0.4, -0.2) is 44.6 Å². The average Bonchev–Trinajstić information content (AvgIpc) is 3.63. The molecule has 2 aliphatic heterocycles. The minimum Gasteiger partial charge on any atom is -0.495 e. The Morgan fingerprint density at radius 1 is 1.00 bits per heavy atom. The Labute approximate surface area is 241 Å². The summed E-state index contributed by atoms with van der Waals surface area (Å²) in [5, 5.41) is 6.30. The van der Waals surface area contributed by atoms with Crippen molar-refractivity contribution in [2.45, 2.75) is 45.4 Å². The number of urea groups is 1. The number of hydrogen-bond acceptors (Lipinski definition) is 6. The molecule has 2 N–H and O–H groups in total. The molecule has 2 atom stereocenters. The second kappa shape index (κ2) is 12.5. The average molecular weight is 556 g/mol. The number of para-hydroxylation sites is 1. The molecule has 3 aromatic rings. The number of hydrogen-bond donors (Lipinski definition) is 2. The molecular weight excluding hydrogens is 518 g/mol. The lowest BCUT2D eigenvalue weighted by atomic mass is 9.79. The third kappa shape index (κ3) is 5.92. The van der Waals surface area contributed by atoms with E-state index < -0.39 is 11.8 Å². The second-order valence-corrected chi connectivity index (χ2v) is 10.5. The van der Waals surface area contributed by atoms with E-state index in [9.17, 15) is 14.4 Å². The maximum absolute atomic E-state index is 13.7. The third-order valence-electron chi connectivity index (χ3n) is 8.01. The van der Waals surface area contributed by atoms with Crippen LogP contribution in [0.2, 0.25) is 0 Å². The van der Waals surface area contributed by atoms with Crippen LogP contribution in [0.4, 0.5) is 21.9 Å². The number of methoxy groups -OCH3 is 1. The van der Waals surface area contributed by atoms with E-state index in [4.69, 9.17) is 9.47 Å². The number of benzene rings is 3. The van der Waals surface area contributed by atoms with Gasteiger partial charge < -0.3 is 20.1 Å². The van der Waals surface area contributed by atoms with Crippen molar-refractivity contribution in [1.29, 1.82) is 0 Å². The van der Waals surface area contributed by atoms with E-state index in [0.29, 0.717) is 24.4 Å². The van der Waals surface area contributed by atoms with Gasteiger partial charge in [-0.1, -0.05) is 43.3 Å². The van der Waals surface area contributed by atoms with Crippen LogP contribution in [0.15, 0.2) is 60.7 Å². The highest BCUT2D eigenvalue weighted by Gasteiger charge is 2.35. The Kier molecular flexibility index (Phi) is 8.57. The summed E-state index contributed by atoms with van der Waals surface area (Å²) in [5.41, 5.74) is 6.36. The molecule has 2 aliphatic rings. The van der Waals surface area contributed by atoms with Gasteiger partial charge in [0.1, 0.15) is 11.5 Å². The van der Waals surface area contributed by atoms with Gasteiger partial charge in [0, 0.05) is 36.8 Å². The van der Waals surface area contributed by atoms with Crippen molar-refractivity contribution >= 4 is 34.8 Å². The summed E-state index contributed by atoms with van der Waals surface area (Å²) in [7, 11) is 1.54. The molecule has 41 heavy (non-hydrogen) atoms. The lowest BCUT2D eigenvalue weighted by molar-refractivity contribution is -0.148. The molecule has 2 heterocycles. The first kappa shape index (κ1) is 28.2. The van der Waals surface area contributed by atoms with Crippen molar-refractivity contribution in [2.75, 3.05) is 42.3 Å². The van der Waals surface area contributed by atoms with Gasteiger partial charge in [-0.15, -0.1) is 0 Å². The Bertz CT molecular complexity index is 1450. The predicted molar refractivity (Wildman–Crippen MR) is 160 cm³/mol. The highest BCUT2D eigenvalue weighted by atomic mass is 16.5. The summed E-state index contributed by atoms with van der Waals surface area (Å²) >= 11 is 0. The number of carbonyl (C=O) groups excluding carboxylic acids is 3. The Morgan fingerprint density at radius 3 is 2.61 bits per heavy atom. The molecule has 3 aromatic carbocycles. The molecule has 0 aromatic heterocycles. The number of fused-ring (bicyclic) bond motifs is 2. The third-order valence-corrected chi connectivity index (χ3v) is 8.01. The van der Waals surface area contributed by atoms with Crippen LogP contribution in [0.25, 0.3) is 0 Å². The van der Waals surface area contributed by atoms with E-state index in [2.05, 4.69) is 10.6 Å². The molecule has 8 nitrogen and oxygen atoms in total. The molecule has 0 unspecified atom stereocenters. The Hall–Kier alpha value is -4.33. The molecule has 0 bridgehead atoms. The van der Waals surface area contributed by atoms with Gasteiger partial charge in [0.25, 0.3) is 0 Å². The molecule has 214 valence electrons. The molecule has 0 spiro atoms. The second-order valence-electron chi connectivity index (χ2n) is 10.5. The number of Topliss-reactive ketones (excluding diaryl/α,β-unsaturated/α-hetero) is 1. The van der Waals surface area contributed by atoms with Crippen LogP contribution in [0.1, 0.15) is 48.4 Å². The zero-order valence-electron chi connectivity index (χ0n) is 23.9. The number of carbonyl (C=O) groups is 3. The predicted octanol–water partition coefficient (Wildman–Crippen LogP) is 5.74. The summed E-state index contributed by atoms with van der Waals surface area (Å²) in [5.74, 6) is -1.17. The molecular formula is C33H37N3O5. The first-order chi connectivity index (χ1) is 19.9. The molecule has 2 amide bonds. The summed E-state index contributed by atoms with van der Waals surface area (Å²) in [4.78, 5) is 41.7. The van der Waals surface area contributed by atoms with Crippen LogP contribution in [0, 0.1) is 5.92 Å². The summed E-state index contributed by atoms with van der Waals surface area (Å²) in [6.45, 7) is 5.43. The Balaban J connectivity index is 1.33. The number of nitrogens with zero attached hydrogens (tertiary/aromatic N) is 1. The number of ether oxygens (including phenoxy) is 2. The van der Waals surface area contributed by atoms with Gasteiger partial charge >= 0.3 is 12.0 Å². The molecule has 5 rings (SSSR count). The van der Waals surface area contributed by atoms with Gasteiger partial charge in [0.05, 0.1) is 25.3 Å². The molecule has 0 fully saturated rings. The number of nitrogens with one attached hydrogen (secondary N) is 2. The standard InChI is InChI=1S/C33H37N3O5/c1-4-25(31(32(38)41-5-2)24-11-13-26-23(20-24)14-16-34-26)29(37)18-21-10-12-27(30(19-21)40-3)35-33(39)36-17-15-22-8-6-7-9-28(22)36/h6-13,19-20,25,31,34H,4-5,14-18H2,1-3H3,(H,35,39)/t25-,31+/m1/s1. The molecule has 8 heteroatoms. The fourth-order valence-electron chi connectivity index (χ4n) is 5.95. The van der Waals surface area contributed by atoms with Gasteiger partial charge in [-0.3, -0.25) is 14.5 Å². The van der Waals surface area contributed by atoms with Crippen LogP contribution in [0.5, 0.6) is 5.75 Å². The number of esters is 1. The normalized spacial score (nSPS) is 14.9. The smallest absolute Gasteiger partial charge is 0.326 e. The lowest BCUT2D eigenvalue weighted by Gasteiger charge is -2.25. The summed E-state index contributed by atoms with van der Waals surface area (Å²) in [6, 6.07) is 19.0. The minimum absolute atomic E-state index is 0.0447. The van der Waals surface area contributed by atoms with E-state index in [1.807, 2.05) is 55.5 Å². The van der Waals surface area contributed by atoms with E-state index in [1.165, 1.54) is 7.11 Å². The van der Waals surface area contributed by atoms with Crippen molar-refractivity contribution in [2.24, 2.45) is 5.92 Å². The van der Waals surface area contributed by atoms with Crippen LogP contribution in [0.3, 0.4) is 0 Å².